The fraction of sp³-hybridized carbons (Fsp3) is 0.364. The van der Waals surface area contributed by atoms with Crippen molar-refractivity contribution in [3.05, 3.63) is 37.2 Å². The molecule has 7 heteroatoms. The molecule has 0 unspecified atom stereocenters. The molecule has 0 radical (unpaired) electrons. The summed E-state index contributed by atoms with van der Waals surface area (Å²) in [5.74, 6) is 0.554. The maximum Gasteiger partial charge on any atom is 0.337 e. The number of hydrogen-bond donors (Lipinski definition) is 2. The van der Waals surface area contributed by atoms with Gasteiger partial charge in [-0.15, -0.1) is 11.6 Å². The smallest absolute Gasteiger partial charge is 0.337 e. The molecule has 2 N–H and O–H groups in total. The maximum absolute atomic E-state index is 11.8. The minimum Gasteiger partial charge on any atom is -0.405 e. The summed E-state index contributed by atoms with van der Waals surface area (Å²) in [4.78, 5) is 28.4. The Kier molecular flexibility index (Phi) is 3.98. The Morgan fingerprint density at radius 1 is 1.28 bits per heavy atom. The zero-order valence-electron chi connectivity index (χ0n) is 9.42. The molecular weight excluding hydrogens is 276 g/mol. The summed E-state index contributed by atoms with van der Waals surface area (Å²) < 4.78 is 5.08. The third kappa shape index (κ3) is 2.70. The van der Waals surface area contributed by atoms with Gasteiger partial charge in [-0.25, -0.2) is 4.79 Å². The fourth-order valence-electron chi connectivity index (χ4n) is 1.79. The molecule has 0 amide bonds. The SMILES string of the molecule is O=c1cc(CCCCCl)c2c(=O)[nH]c(=S)[nH]c2o1. The summed E-state index contributed by atoms with van der Waals surface area (Å²) >= 11 is 10.4. The van der Waals surface area contributed by atoms with E-state index in [0.717, 1.165) is 12.8 Å². The van der Waals surface area contributed by atoms with Gasteiger partial charge in [0.1, 0.15) is 5.39 Å². The predicted octanol–water partition coefficient (Wildman–Crippen LogP) is 2.10. The van der Waals surface area contributed by atoms with Crippen molar-refractivity contribution in [1.29, 1.82) is 0 Å². The van der Waals surface area contributed by atoms with E-state index in [0.29, 0.717) is 23.3 Å². The number of H-pyrrole nitrogens is 2. The lowest BCUT2D eigenvalue weighted by Crippen LogP contribution is -2.13. The topological polar surface area (TPSA) is 78.9 Å². The van der Waals surface area contributed by atoms with Gasteiger partial charge in [-0.3, -0.25) is 9.78 Å². The highest BCUT2D eigenvalue weighted by Crippen LogP contribution is 2.13. The first-order chi connectivity index (χ1) is 8.61. The molecule has 0 atom stereocenters. The summed E-state index contributed by atoms with van der Waals surface area (Å²) in [6.45, 7) is 0. The summed E-state index contributed by atoms with van der Waals surface area (Å²) in [5, 5.41) is 0.345. The van der Waals surface area contributed by atoms with Gasteiger partial charge < -0.3 is 9.40 Å². The van der Waals surface area contributed by atoms with E-state index in [1.807, 2.05) is 0 Å². The largest absolute Gasteiger partial charge is 0.405 e. The monoisotopic (exact) mass is 286 g/mol. The van der Waals surface area contributed by atoms with Crippen LogP contribution in [0.15, 0.2) is 20.1 Å². The molecule has 0 aliphatic rings. The molecule has 96 valence electrons. The highest BCUT2D eigenvalue weighted by atomic mass is 35.5. The average molecular weight is 287 g/mol. The molecule has 0 fully saturated rings. The van der Waals surface area contributed by atoms with Crippen molar-refractivity contribution in [1.82, 2.24) is 9.97 Å². The molecule has 2 rings (SSSR count). The molecule has 0 saturated carbocycles. The average Bonchev–Trinajstić information content (AvgIpc) is 2.27. The lowest BCUT2D eigenvalue weighted by atomic mass is 10.1. The molecule has 0 aliphatic heterocycles. The first kappa shape index (κ1) is 13.0. The first-order valence-electron chi connectivity index (χ1n) is 5.47. The van der Waals surface area contributed by atoms with Crippen molar-refractivity contribution in [2.45, 2.75) is 19.3 Å². The van der Waals surface area contributed by atoms with Gasteiger partial charge in [-0.2, -0.15) is 0 Å². The van der Waals surface area contributed by atoms with Crippen molar-refractivity contribution in [2.75, 3.05) is 5.88 Å². The molecule has 0 saturated heterocycles. The number of fused-ring (bicyclic) bond motifs is 1. The molecule has 2 aromatic rings. The number of hydrogen-bond acceptors (Lipinski definition) is 4. The minimum absolute atomic E-state index is 0.122. The van der Waals surface area contributed by atoms with Crippen LogP contribution in [0.2, 0.25) is 0 Å². The van der Waals surface area contributed by atoms with E-state index in [2.05, 4.69) is 9.97 Å². The van der Waals surface area contributed by atoms with E-state index in [9.17, 15) is 9.59 Å². The van der Waals surface area contributed by atoms with Crippen LogP contribution in [0, 0.1) is 4.77 Å². The van der Waals surface area contributed by atoms with Crippen LogP contribution in [0.3, 0.4) is 0 Å². The van der Waals surface area contributed by atoms with Crippen LogP contribution in [0.1, 0.15) is 18.4 Å². The van der Waals surface area contributed by atoms with Gasteiger partial charge in [-0.05, 0) is 37.0 Å². The van der Waals surface area contributed by atoms with Crippen molar-refractivity contribution in [3.8, 4) is 0 Å². The molecule has 2 heterocycles. The van der Waals surface area contributed by atoms with Gasteiger partial charge in [0.25, 0.3) is 5.56 Å². The van der Waals surface area contributed by atoms with E-state index in [4.69, 9.17) is 28.2 Å². The standard InChI is InChI=1S/C11H11ClN2O3S/c12-4-2-1-3-6-5-7(15)17-10-8(6)9(16)13-11(18)14-10/h5H,1-4H2,(H2,13,14,16,18). The number of aryl methyl sites for hydroxylation is 1. The van der Waals surface area contributed by atoms with E-state index in [1.165, 1.54) is 6.07 Å². The van der Waals surface area contributed by atoms with Crippen LogP contribution in [-0.2, 0) is 6.42 Å². The number of rotatable bonds is 4. The van der Waals surface area contributed by atoms with Gasteiger partial charge >= 0.3 is 5.63 Å². The van der Waals surface area contributed by atoms with E-state index in [1.54, 1.807) is 0 Å². The Hall–Kier alpha value is -1.40. The molecule has 0 aromatic carbocycles. The predicted molar refractivity (Wildman–Crippen MR) is 71.9 cm³/mol. The number of alkyl halides is 1. The third-order valence-electron chi connectivity index (χ3n) is 2.55. The van der Waals surface area contributed by atoms with Gasteiger partial charge in [0.15, 0.2) is 4.77 Å². The molecule has 0 aliphatic carbocycles. The summed E-state index contributed by atoms with van der Waals surface area (Å²) in [7, 11) is 0. The van der Waals surface area contributed by atoms with Crippen LogP contribution in [0.5, 0.6) is 0 Å². The Bertz CT molecular complexity index is 726. The Morgan fingerprint density at radius 3 is 2.78 bits per heavy atom. The van der Waals surface area contributed by atoms with E-state index < -0.39 is 5.63 Å². The Morgan fingerprint density at radius 2 is 2.06 bits per heavy atom. The highest BCUT2D eigenvalue weighted by molar-refractivity contribution is 7.71. The normalized spacial score (nSPS) is 10.9. The zero-order chi connectivity index (χ0) is 13.1. The summed E-state index contributed by atoms with van der Waals surface area (Å²) in [5.41, 5.74) is -0.0750. The second kappa shape index (κ2) is 5.49. The second-order valence-electron chi connectivity index (χ2n) is 3.85. The van der Waals surface area contributed by atoms with Gasteiger partial charge in [0.2, 0.25) is 5.71 Å². The maximum atomic E-state index is 11.8. The van der Waals surface area contributed by atoms with Crippen molar-refractivity contribution < 1.29 is 4.42 Å². The Labute approximate surface area is 112 Å². The van der Waals surface area contributed by atoms with Crippen LogP contribution < -0.4 is 11.2 Å². The first-order valence-corrected chi connectivity index (χ1v) is 6.41. The third-order valence-corrected chi connectivity index (χ3v) is 3.03. The van der Waals surface area contributed by atoms with Gasteiger partial charge in [0.05, 0.1) is 0 Å². The molecule has 0 bridgehead atoms. The quantitative estimate of drug-likeness (QED) is 0.512. The lowest BCUT2D eigenvalue weighted by molar-refractivity contribution is 0.544. The fourth-order valence-corrected chi connectivity index (χ4v) is 2.16. The molecule has 5 nitrogen and oxygen atoms in total. The van der Waals surface area contributed by atoms with Crippen LogP contribution in [0.25, 0.3) is 11.1 Å². The zero-order valence-corrected chi connectivity index (χ0v) is 11.0. The lowest BCUT2D eigenvalue weighted by Gasteiger charge is -2.03. The van der Waals surface area contributed by atoms with Crippen molar-refractivity contribution in [3.63, 3.8) is 0 Å². The van der Waals surface area contributed by atoms with Crippen molar-refractivity contribution in [2.24, 2.45) is 0 Å². The van der Waals surface area contributed by atoms with E-state index in [-0.39, 0.29) is 16.0 Å². The summed E-state index contributed by atoms with van der Waals surface area (Å²) in [6, 6.07) is 1.34. The number of aromatic nitrogens is 2. The van der Waals surface area contributed by atoms with Gasteiger partial charge in [0, 0.05) is 11.9 Å². The van der Waals surface area contributed by atoms with Crippen LogP contribution in [0.4, 0.5) is 0 Å². The number of halogens is 1. The van der Waals surface area contributed by atoms with Crippen molar-refractivity contribution >= 4 is 34.9 Å². The van der Waals surface area contributed by atoms with E-state index >= 15 is 0 Å². The number of unbranched alkanes of at least 4 members (excludes halogenated alkanes) is 1. The van der Waals surface area contributed by atoms with Gasteiger partial charge in [-0.1, -0.05) is 0 Å². The molecular formula is C11H11ClN2O3S. The van der Waals surface area contributed by atoms with Crippen LogP contribution in [-0.4, -0.2) is 15.8 Å². The number of aromatic amines is 2. The second-order valence-corrected chi connectivity index (χ2v) is 4.64. The molecule has 18 heavy (non-hydrogen) atoms. The minimum atomic E-state index is -0.500. The molecule has 2 aromatic heterocycles. The number of nitrogens with one attached hydrogen (secondary N) is 2. The highest BCUT2D eigenvalue weighted by Gasteiger charge is 2.09. The molecule has 0 spiro atoms. The van der Waals surface area contributed by atoms with Crippen LogP contribution >= 0.6 is 23.8 Å². The summed E-state index contributed by atoms with van der Waals surface area (Å²) in [6.07, 6.45) is 2.23. The Balaban J connectivity index is 2.61.